The van der Waals surface area contributed by atoms with Gasteiger partial charge >= 0.3 is 0 Å². The Morgan fingerprint density at radius 1 is 1.29 bits per heavy atom. The number of nitrogens with zero attached hydrogens (tertiary/aromatic N) is 3. The number of likely N-dealkylation sites (tertiary alicyclic amines) is 1. The molecule has 5 heteroatoms. The summed E-state index contributed by atoms with van der Waals surface area (Å²) in [7, 11) is 1.66. The molecule has 24 heavy (non-hydrogen) atoms. The number of aromatic nitrogens is 2. The molecule has 5 nitrogen and oxygen atoms in total. The molecule has 128 valence electrons. The van der Waals surface area contributed by atoms with E-state index in [4.69, 9.17) is 4.74 Å². The van der Waals surface area contributed by atoms with E-state index in [1.54, 1.807) is 17.9 Å². The monoisotopic (exact) mass is 327 g/mol. The minimum atomic E-state index is 0.00772. The van der Waals surface area contributed by atoms with Gasteiger partial charge in [-0.05, 0) is 24.5 Å². The zero-order chi connectivity index (χ0) is 17.0. The van der Waals surface area contributed by atoms with Crippen LogP contribution in [0.4, 0.5) is 0 Å². The molecule has 1 aliphatic rings. The highest BCUT2D eigenvalue weighted by atomic mass is 16.5. The second-order valence-electron chi connectivity index (χ2n) is 6.71. The van der Waals surface area contributed by atoms with Crippen molar-refractivity contribution in [2.75, 3.05) is 26.8 Å². The van der Waals surface area contributed by atoms with Gasteiger partial charge in [-0.15, -0.1) is 0 Å². The fourth-order valence-corrected chi connectivity index (χ4v) is 3.44. The van der Waals surface area contributed by atoms with Crippen LogP contribution in [-0.2, 0) is 16.7 Å². The fraction of sp³-hybridized carbons (Fsp3) is 0.474. The minimum absolute atomic E-state index is 0.00772. The number of ether oxygens (including phenoxy) is 1. The average molecular weight is 327 g/mol. The van der Waals surface area contributed by atoms with E-state index < -0.39 is 0 Å². The van der Waals surface area contributed by atoms with E-state index in [1.807, 2.05) is 17.2 Å². The highest BCUT2D eigenvalue weighted by Crippen LogP contribution is 2.33. The summed E-state index contributed by atoms with van der Waals surface area (Å²) in [5.41, 5.74) is 1.82. The zero-order valence-corrected chi connectivity index (χ0v) is 14.4. The molecular formula is C19H25N3O2. The summed E-state index contributed by atoms with van der Waals surface area (Å²) in [6.07, 6.45) is 3.96. The number of carbonyl (C=O) groups is 1. The van der Waals surface area contributed by atoms with Crippen molar-refractivity contribution < 1.29 is 9.53 Å². The van der Waals surface area contributed by atoms with Gasteiger partial charge in [-0.2, -0.15) is 5.10 Å². The first-order valence-electron chi connectivity index (χ1n) is 8.49. The summed E-state index contributed by atoms with van der Waals surface area (Å²) >= 11 is 0. The van der Waals surface area contributed by atoms with E-state index in [0.29, 0.717) is 18.8 Å². The van der Waals surface area contributed by atoms with E-state index in [1.165, 1.54) is 5.56 Å². The Labute approximate surface area is 143 Å². The van der Waals surface area contributed by atoms with E-state index in [-0.39, 0.29) is 11.3 Å². The summed E-state index contributed by atoms with van der Waals surface area (Å²) in [4.78, 5) is 14.8. The Kier molecular flexibility index (Phi) is 5.00. The molecule has 2 aromatic rings. The van der Waals surface area contributed by atoms with Crippen molar-refractivity contribution in [3.63, 3.8) is 0 Å². The van der Waals surface area contributed by atoms with Gasteiger partial charge in [-0.3, -0.25) is 9.48 Å². The number of piperidine rings is 1. The molecule has 1 aromatic heterocycles. The lowest BCUT2D eigenvalue weighted by Gasteiger charge is -2.40. The normalized spacial score (nSPS) is 21.0. The van der Waals surface area contributed by atoms with Crippen molar-refractivity contribution in [3.05, 3.63) is 53.9 Å². The van der Waals surface area contributed by atoms with Crippen molar-refractivity contribution in [1.82, 2.24) is 14.7 Å². The Bertz CT molecular complexity index is 683. The SMILES string of the molecule is COCCn1ccc(C(=O)N2CCC[C@@](C)(c3ccccc3)C2)n1. The fourth-order valence-electron chi connectivity index (χ4n) is 3.44. The minimum Gasteiger partial charge on any atom is -0.383 e. The predicted molar refractivity (Wildman–Crippen MR) is 93.0 cm³/mol. The molecule has 1 aromatic carbocycles. The van der Waals surface area contributed by atoms with Crippen LogP contribution in [0.25, 0.3) is 0 Å². The van der Waals surface area contributed by atoms with Crippen molar-refractivity contribution in [1.29, 1.82) is 0 Å². The topological polar surface area (TPSA) is 47.4 Å². The average Bonchev–Trinajstić information content (AvgIpc) is 3.09. The largest absolute Gasteiger partial charge is 0.383 e. The maximum absolute atomic E-state index is 12.8. The number of amides is 1. The Morgan fingerprint density at radius 3 is 2.83 bits per heavy atom. The van der Waals surface area contributed by atoms with Crippen molar-refractivity contribution in [2.24, 2.45) is 0 Å². The van der Waals surface area contributed by atoms with Gasteiger partial charge < -0.3 is 9.64 Å². The van der Waals surface area contributed by atoms with Gasteiger partial charge in [0, 0.05) is 31.8 Å². The van der Waals surface area contributed by atoms with Crippen LogP contribution in [0.2, 0.25) is 0 Å². The highest BCUT2D eigenvalue weighted by Gasteiger charge is 2.35. The third-order valence-corrected chi connectivity index (χ3v) is 4.84. The third-order valence-electron chi connectivity index (χ3n) is 4.84. The summed E-state index contributed by atoms with van der Waals surface area (Å²) in [6, 6.07) is 12.3. The molecular weight excluding hydrogens is 302 g/mol. The van der Waals surface area contributed by atoms with Gasteiger partial charge in [-0.1, -0.05) is 37.3 Å². The first kappa shape index (κ1) is 16.7. The van der Waals surface area contributed by atoms with Gasteiger partial charge in [-0.25, -0.2) is 0 Å². The van der Waals surface area contributed by atoms with Crippen LogP contribution in [0.5, 0.6) is 0 Å². The first-order chi connectivity index (χ1) is 11.6. The maximum atomic E-state index is 12.8. The Balaban J connectivity index is 1.72. The number of hydrogen-bond acceptors (Lipinski definition) is 3. The molecule has 0 unspecified atom stereocenters. The molecule has 0 aliphatic carbocycles. The maximum Gasteiger partial charge on any atom is 0.274 e. The van der Waals surface area contributed by atoms with E-state index >= 15 is 0 Å². The number of hydrogen-bond donors (Lipinski definition) is 0. The number of benzene rings is 1. The summed E-state index contributed by atoms with van der Waals surface area (Å²) in [6.45, 7) is 5.03. The van der Waals surface area contributed by atoms with Crippen molar-refractivity contribution in [3.8, 4) is 0 Å². The van der Waals surface area contributed by atoms with E-state index in [9.17, 15) is 4.79 Å². The molecule has 0 N–H and O–H groups in total. The molecule has 2 heterocycles. The molecule has 0 saturated carbocycles. The molecule has 1 fully saturated rings. The van der Waals surface area contributed by atoms with E-state index in [0.717, 1.165) is 25.9 Å². The standard InChI is InChI=1S/C19H25N3O2/c1-19(16-7-4-3-5-8-16)10-6-11-21(15-19)18(23)17-9-12-22(20-17)13-14-24-2/h3-5,7-9,12H,6,10-11,13-15H2,1-2H3/t19-/m1/s1. The lowest BCUT2D eigenvalue weighted by molar-refractivity contribution is 0.0643. The van der Waals surface area contributed by atoms with Crippen LogP contribution in [0.3, 0.4) is 0 Å². The van der Waals surface area contributed by atoms with Crippen molar-refractivity contribution in [2.45, 2.75) is 31.7 Å². The first-order valence-corrected chi connectivity index (χ1v) is 8.49. The number of methoxy groups -OCH3 is 1. The van der Waals surface area contributed by atoms with E-state index in [2.05, 4.69) is 36.3 Å². The van der Waals surface area contributed by atoms with Crippen molar-refractivity contribution >= 4 is 5.91 Å². The molecule has 1 aliphatic heterocycles. The molecule has 0 spiro atoms. The number of carbonyl (C=O) groups excluding carboxylic acids is 1. The van der Waals surface area contributed by atoms with Gasteiger partial charge in [0.05, 0.1) is 13.2 Å². The van der Waals surface area contributed by atoms with Crippen LogP contribution < -0.4 is 0 Å². The third kappa shape index (κ3) is 3.51. The second-order valence-corrected chi connectivity index (χ2v) is 6.71. The molecule has 1 saturated heterocycles. The van der Waals surface area contributed by atoms with Gasteiger partial charge in [0.1, 0.15) is 5.69 Å². The molecule has 0 bridgehead atoms. The summed E-state index contributed by atoms with van der Waals surface area (Å²) < 4.78 is 6.81. The lowest BCUT2D eigenvalue weighted by Crippen LogP contribution is -2.47. The van der Waals surface area contributed by atoms with Crippen LogP contribution in [0, 0.1) is 0 Å². The van der Waals surface area contributed by atoms with Gasteiger partial charge in [0.2, 0.25) is 0 Å². The summed E-state index contributed by atoms with van der Waals surface area (Å²) in [5.74, 6) is 0.0213. The molecule has 1 amide bonds. The Morgan fingerprint density at radius 2 is 2.08 bits per heavy atom. The highest BCUT2D eigenvalue weighted by molar-refractivity contribution is 5.92. The summed E-state index contributed by atoms with van der Waals surface area (Å²) in [5, 5.41) is 4.39. The smallest absolute Gasteiger partial charge is 0.274 e. The zero-order valence-electron chi connectivity index (χ0n) is 14.4. The molecule has 1 atom stereocenters. The Hall–Kier alpha value is -2.14. The van der Waals surface area contributed by atoms with Crippen LogP contribution >= 0.6 is 0 Å². The molecule has 3 rings (SSSR count). The van der Waals surface area contributed by atoms with Crippen LogP contribution in [0.1, 0.15) is 35.8 Å². The van der Waals surface area contributed by atoms with Crippen LogP contribution in [0.15, 0.2) is 42.6 Å². The quantitative estimate of drug-likeness (QED) is 0.848. The number of rotatable bonds is 5. The predicted octanol–water partition coefficient (Wildman–Crippen LogP) is 2.72. The second kappa shape index (κ2) is 7.18. The lowest BCUT2D eigenvalue weighted by atomic mass is 9.76. The van der Waals surface area contributed by atoms with Gasteiger partial charge in [0.25, 0.3) is 5.91 Å². The molecule has 0 radical (unpaired) electrons. The van der Waals surface area contributed by atoms with Crippen LogP contribution in [-0.4, -0.2) is 47.4 Å². The van der Waals surface area contributed by atoms with Gasteiger partial charge in [0.15, 0.2) is 0 Å².